The van der Waals surface area contributed by atoms with Crippen molar-refractivity contribution in [1.82, 2.24) is 0 Å². The third kappa shape index (κ3) is 2.55. The van der Waals surface area contributed by atoms with Crippen LogP contribution in [-0.4, -0.2) is 30.9 Å². The van der Waals surface area contributed by atoms with E-state index in [1.54, 1.807) is 0 Å². The van der Waals surface area contributed by atoms with E-state index in [1.165, 1.54) is 7.11 Å². The molecule has 0 N–H and O–H groups in total. The highest BCUT2D eigenvalue weighted by atomic mass is 16.7. The Balaban J connectivity index is 0.000000774. The molecule has 0 spiro atoms. The van der Waals surface area contributed by atoms with Crippen LogP contribution < -0.4 is 0 Å². The lowest BCUT2D eigenvalue weighted by Crippen LogP contribution is -2.21. The molecule has 3 unspecified atom stereocenters. The molecule has 21 heavy (non-hydrogen) atoms. The van der Waals surface area contributed by atoms with Crippen molar-refractivity contribution >= 4 is 17.5 Å². The lowest BCUT2D eigenvalue weighted by atomic mass is 9.91. The second-order valence-electron chi connectivity index (χ2n) is 5.56. The molecule has 5 heteroatoms. The van der Waals surface area contributed by atoms with Gasteiger partial charge in [-0.25, -0.2) is 4.79 Å². The molecule has 3 aliphatic rings. The molecule has 5 nitrogen and oxygen atoms in total. The van der Waals surface area contributed by atoms with Crippen LogP contribution in [0.15, 0.2) is 11.1 Å². The summed E-state index contributed by atoms with van der Waals surface area (Å²) in [5.74, 6) is -1.22. The normalized spacial score (nSPS) is 34.8. The van der Waals surface area contributed by atoms with Gasteiger partial charge in [-0.3, -0.25) is 9.59 Å². The first-order valence-electron chi connectivity index (χ1n) is 7.55. The summed E-state index contributed by atoms with van der Waals surface area (Å²) in [6.07, 6.45) is 0.321. The highest BCUT2D eigenvalue weighted by molar-refractivity contribution is 6.01. The van der Waals surface area contributed by atoms with Gasteiger partial charge in [0.15, 0.2) is 0 Å². The summed E-state index contributed by atoms with van der Waals surface area (Å²) in [5, 5.41) is 0. The number of hydrogen-bond acceptors (Lipinski definition) is 5. The van der Waals surface area contributed by atoms with E-state index in [1.807, 2.05) is 20.8 Å². The summed E-state index contributed by atoms with van der Waals surface area (Å²) < 4.78 is 10.3. The van der Waals surface area contributed by atoms with Crippen LogP contribution >= 0.6 is 0 Å². The quantitative estimate of drug-likeness (QED) is 0.692. The first kappa shape index (κ1) is 15.9. The fourth-order valence-corrected chi connectivity index (χ4v) is 3.48. The Morgan fingerprint density at radius 2 is 1.76 bits per heavy atom. The van der Waals surface area contributed by atoms with E-state index >= 15 is 0 Å². The fraction of sp³-hybridized carbons (Fsp3) is 0.688. The number of carbonyl (C=O) groups excluding carboxylic acids is 3. The van der Waals surface area contributed by atoms with E-state index in [4.69, 9.17) is 9.47 Å². The lowest BCUT2D eigenvalue weighted by molar-refractivity contribution is -0.162. The maximum absolute atomic E-state index is 12.1. The zero-order valence-electron chi connectivity index (χ0n) is 13.0. The minimum absolute atomic E-state index is 0.00491. The molecule has 1 saturated heterocycles. The number of allylic oxidation sites excluding steroid dienone is 1. The number of ether oxygens (including phenoxy) is 2. The van der Waals surface area contributed by atoms with E-state index < -0.39 is 18.2 Å². The van der Waals surface area contributed by atoms with Crippen molar-refractivity contribution in [3.05, 3.63) is 11.1 Å². The minimum atomic E-state index is -0.691. The Bertz CT molecular complexity index is 505. The summed E-state index contributed by atoms with van der Waals surface area (Å²) in [5.41, 5.74) is 1.35. The molecule has 0 aromatic rings. The summed E-state index contributed by atoms with van der Waals surface area (Å²) in [6, 6.07) is 0. The predicted molar refractivity (Wildman–Crippen MR) is 75.3 cm³/mol. The second-order valence-corrected chi connectivity index (χ2v) is 5.56. The van der Waals surface area contributed by atoms with Gasteiger partial charge in [0.05, 0.1) is 5.92 Å². The monoisotopic (exact) mass is 294 g/mol. The van der Waals surface area contributed by atoms with Crippen molar-refractivity contribution in [1.29, 1.82) is 0 Å². The molecule has 1 aliphatic heterocycles. The van der Waals surface area contributed by atoms with Gasteiger partial charge in [0.2, 0.25) is 6.29 Å². The molecular formula is C16H22O5. The van der Waals surface area contributed by atoms with Gasteiger partial charge in [0.25, 0.3) is 0 Å². The number of esters is 1. The van der Waals surface area contributed by atoms with Gasteiger partial charge in [-0.1, -0.05) is 20.8 Å². The minimum Gasteiger partial charge on any atom is -0.432 e. The van der Waals surface area contributed by atoms with Crippen molar-refractivity contribution < 1.29 is 23.9 Å². The van der Waals surface area contributed by atoms with Crippen LogP contribution in [0.1, 0.15) is 40.0 Å². The Morgan fingerprint density at radius 3 is 2.38 bits per heavy atom. The largest absolute Gasteiger partial charge is 0.432 e. The Hall–Kier alpha value is -1.49. The standard InChI is InChI=1S/C14H16O5.C2H6/c1-6-3-8-9(12(6)16)4-7(15)5-10-11(8)13(17)19-14(10)18-2;1-2/h6,9-10,14H,3-5H2,1-2H3;1-2H3/t6-,9?,10?,14?;/m0./s1. The Labute approximate surface area is 124 Å². The molecule has 3 rings (SSSR count). The maximum Gasteiger partial charge on any atom is 0.336 e. The van der Waals surface area contributed by atoms with Gasteiger partial charge in [-0.05, 0) is 12.0 Å². The molecule has 2 aliphatic carbocycles. The van der Waals surface area contributed by atoms with Crippen molar-refractivity contribution in [2.45, 2.75) is 46.3 Å². The van der Waals surface area contributed by atoms with Gasteiger partial charge in [-0.15, -0.1) is 0 Å². The van der Waals surface area contributed by atoms with Crippen molar-refractivity contribution in [2.24, 2.45) is 17.8 Å². The molecule has 116 valence electrons. The zero-order valence-corrected chi connectivity index (χ0v) is 13.0. The first-order chi connectivity index (χ1) is 10.0. The van der Waals surface area contributed by atoms with Gasteiger partial charge in [0, 0.05) is 37.4 Å². The molecule has 0 radical (unpaired) electrons. The third-order valence-electron chi connectivity index (χ3n) is 4.38. The lowest BCUT2D eigenvalue weighted by Gasteiger charge is -2.14. The Kier molecular flexibility index (Phi) is 4.61. The first-order valence-corrected chi connectivity index (χ1v) is 7.55. The molecule has 1 saturated carbocycles. The van der Waals surface area contributed by atoms with Gasteiger partial charge in [0.1, 0.15) is 11.6 Å². The van der Waals surface area contributed by atoms with Gasteiger partial charge < -0.3 is 9.47 Å². The van der Waals surface area contributed by atoms with Crippen LogP contribution in [0.5, 0.6) is 0 Å². The number of fused-ring (bicyclic) bond motifs is 2. The highest BCUT2D eigenvalue weighted by Crippen LogP contribution is 2.46. The number of ketones is 2. The summed E-state index contributed by atoms with van der Waals surface area (Å²) in [4.78, 5) is 36.1. The van der Waals surface area contributed by atoms with E-state index in [0.29, 0.717) is 12.0 Å². The molecular weight excluding hydrogens is 272 g/mol. The predicted octanol–water partition coefficient (Wildman–Crippen LogP) is 2.04. The zero-order chi connectivity index (χ0) is 15.7. The molecule has 0 bridgehead atoms. The SMILES string of the molecule is CC.COC1OC(=O)C2=C3C[C@H](C)C(=O)C3CC(=O)CC21. The van der Waals surface area contributed by atoms with E-state index in [2.05, 4.69) is 0 Å². The second kappa shape index (κ2) is 6.10. The van der Waals surface area contributed by atoms with E-state index in [0.717, 1.165) is 5.57 Å². The average Bonchev–Trinajstić information content (AvgIpc) is 2.86. The van der Waals surface area contributed by atoms with Crippen molar-refractivity contribution in [2.75, 3.05) is 7.11 Å². The summed E-state index contributed by atoms with van der Waals surface area (Å²) >= 11 is 0. The number of hydrogen-bond donors (Lipinski definition) is 0. The van der Waals surface area contributed by atoms with Crippen LogP contribution in [0.2, 0.25) is 0 Å². The molecule has 1 heterocycles. The van der Waals surface area contributed by atoms with E-state index in [-0.39, 0.29) is 36.2 Å². The van der Waals surface area contributed by atoms with Gasteiger partial charge in [-0.2, -0.15) is 0 Å². The third-order valence-corrected chi connectivity index (χ3v) is 4.38. The van der Waals surface area contributed by atoms with Crippen LogP contribution in [-0.2, 0) is 23.9 Å². The molecule has 2 fully saturated rings. The number of rotatable bonds is 1. The molecule has 0 aromatic carbocycles. The summed E-state index contributed by atoms with van der Waals surface area (Å²) in [6.45, 7) is 5.85. The van der Waals surface area contributed by atoms with Crippen molar-refractivity contribution in [3.8, 4) is 0 Å². The topological polar surface area (TPSA) is 69.7 Å². The van der Waals surface area contributed by atoms with Crippen LogP contribution in [0.4, 0.5) is 0 Å². The van der Waals surface area contributed by atoms with Crippen LogP contribution in [0.25, 0.3) is 0 Å². The molecule has 0 aromatic heterocycles. The van der Waals surface area contributed by atoms with Crippen LogP contribution in [0, 0.1) is 17.8 Å². The number of carbonyl (C=O) groups is 3. The molecule has 4 atom stereocenters. The van der Waals surface area contributed by atoms with Crippen molar-refractivity contribution in [3.63, 3.8) is 0 Å². The average molecular weight is 294 g/mol. The smallest absolute Gasteiger partial charge is 0.336 e. The highest BCUT2D eigenvalue weighted by Gasteiger charge is 2.50. The number of methoxy groups -OCH3 is 1. The van der Waals surface area contributed by atoms with Gasteiger partial charge >= 0.3 is 5.97 Å². The number of cyclic esters (lactones) is 1. The maximum atomic E-state index is 12.1. The number of Topliss-reactive ketones (excluding diaryl/α,β-unsaturated/α-hetero) is 2. The van der Waals surface area contributed by atoms with E-state index in [9.17, 15) is 14.4 Å². The summed E-state index contributed by atoms with van der Waals surface area (Å²) in [7, 11) is 1.46. The fourth-order valence-electron chi connectivity index (χ4n) is 3.48. The Morgan fingerprint density at radius 1 is 1.10 bits per heavy atom. The van der Waals surface area contributed by atoms with Crippen LogP contribution in [0.3, 0.4) is 0 Å². The molecule has 0 amide bonds.